The number of amides is 1. The van der Waals surface area contributed by atoms with Crippen LogP contribution in [0.2, 0.25) is 0 Å². The van der Waals surface area contributed by atoms with Crippen molar-refractivity contribution in [1.29, 1.82) is 0 Å². The summed E-state index contributed by atoms with van der Waals surface area (Å²) in [6, 6.07) is 0.268. The molecule has 74 valence electrons. The van der Waals surface area contributed by atoms with Crippen LogP contribution in [0.25, 0.3) is 0 Å². The van der Waals surface area contributed by atoms with Crippen LogP contribution >= 0.6 is 12.2 Å². The van der Waals surface area contributed by atoms with Crippen molar-refractivity contribution in [1.82, 2.24) is 5.32 Å². The summed E-state index contributed by atoms with van der Waals surface area (Å²) < 4.78 is 0. The van der Waals surface area contributed by atoms with Gasteiger partial charge in [-0.15, -0.1) is 0 Å². The third-order valence-electron chi connectivity index (χ3n) is 2.52. The van der Waals surface area contributed by atoms with Gasteiger partial charge < -0.3 is 11.1 Å². The van der Waals surface area contributed by atoms with E-state index < -0.39 is 0 Å². The van der Waals surface area contributed by atoms with Crippen molar-refractivity contribution >= 4 is 23.1 Å². The lowest BCUT2D eigenvalue weighted by molar-refractivity contribution is -0.123. The number of nitrogens with two attached hydrogens (primary N) is 1. The Kier molecular flexibility index (Phi) is 3.25. The minimum atomic E-state index is -0.351. The maximum atomic E-state index is 11.4. The van der Waals surface area contributed by atoms with Gasteiger partial charge in [-0.2, -0.15) is 0 Å². The molecule has 0 spiro atoms. The molecule has 3 N–H and O–H groups in total. The molecule has 1 aliphatic rings. The van der Waals surface area contributed by atoms with Crippen LogP contribution in [-0.4, -0.2) is 16.9 Å². The fraction of sp³-hybridized carbons (Fsp3) is 0.778. The zero-order valence-corrected chi connectivity index (χ0v) is 8.86. The molecule has 2 atom stereocenters. The fourth-order valence-electron chi connectivity index (χ4n) is 1.19. The Hall–Kier alpha value is -0.640. The first-order valence-corrected chi connectivity index (χ1v) is 5.03. The molecule has 0 bridgehead atoms. The van der Waals surface area contributed by atoms with Crippen molar-refractivity contribution in [3.05, 3.63) is 0 Å². The molecule has 1 saturated carbocycles. The van der Waals surface area contributed by atoms with E-state index >= 15 is 0 Å². The summed E-state index contributed by atoms with van der Waals surface area (Å²) in [5.41, 5.74) is 5.37. The van der Waals surface area contributed by atoms with Gasteiger partial charge in [0.1, 0.15) is 0 Å². The van der Waals surface area contributed by atoms with Gasteiger partial charge in [0, 0.05) is 6.04 Å². The number of rotatable bonds is 4. The van der Waals surface area contributed by atoms with Crippen molar-refractivity contribution in [2.24, 2.45) is 17.6 Å². The van der Waals surface area contributed by atoms with Gasteiger partial charge in [-0.3, -0.25) is 4.79 Å². The second-order valence-electron chi connectivity index (χ2n) is 3.76. The van der Waals surface area contributed by atoms with Crippen LogP contribution in [0.3, 0.4) is 0 Å². The summed E-state index contributed by atoms with van der Waals surface area (Å²) in [5, 5.41) is 2.92. The van der Waals surface area contributed by atoms with E-state index in [2.05, 4.69) is 5.32 Å². The monoisotopic (exact) mass is 200 g/mol. The predicted molar refractivity (Wildman–Crippen MR) is 56.3 cm³/mol. The van der Waals surface area contributed by atoms with Gasteiger partial charge in [-0.05, 0) is 32.6 Å². The van der Waals surface area contributed by atoms with Crippen LogP contribution in [-0.2, 0) is 4.79 Å². The largest absolute Gasteiger partial charge is 0.393 e. The van der Waals surface area contributed by atoms with E-state index in [4.69, 9.17) is 18.0 Å². The zero-order chi connectivity index (χ0) is 10.0. The first-order chi connectivity index (χ1) is 6.02. The molecule has 13 heavy (non-hydrogen) atoms. The molecule has 2 unspecified atom stereocenters. The molecule has 4 heteroatoms. The van der Waals surface area contributed by atoms with E-state index in [0.717, 1.165) is 0 Å². The van der Waals surface area contributed by atoms with Crippen molar-refractivity contribution in [3.63, 3.8) is 0 Å². The number of thiocarbonyl (C=S) groups is 1. The topological polar surface area (TPSA) is 55.1 Å². The van der Waals surface area contributed by atoms with Gasteiger partial charge in [-0.1, -0.05) is 12.2 Å². The summed E-state index contributed by atoms with van der Waals surface area (Å²) in [7, 11) is 0. The number of nitrogens with one attached hydrogen (secondary N) is 1. The number of carbonyl (C=O) groups excluding carboxylic acids is 1. The van der Waals surface area contributed by atoms with Gasteiger partial charge in [0.2, 0.25) is 5.91 Å². The summed E-state index contributed by atoms with van der Waals surface area (Å²) in [5.74, 6) is 0.269. The standard InChI is InChI=1S/C9H16N2OS/c1-5(8(10)13)9(12)11-6(2)7-3-4-7/h5-7H,3-4H2,1-2H3,(H2,10,13)(H,11,12). The normalized spacial score (nSPS) is 20.5. The summed E-state index contributed by atoms with van der Waals surface area (Å²) in [6.45, 7) is 3.76. The maximum absolute atomic E-state index is 11.4. The quantitative estimate of drug-likeness (QED) is 0.661. The lowest BCUT2D eigenvalue weighted by Gasteiger charge is -2.16. The molecular weight excluding hydrogens is 184 g/mol. The molecular formula is C9H16N2OS. The van der Waals surface area contributed by atoms with Crippen LogP contribution < -0.4 is 11.1 Å². The lowest BCUT2D eigenvalue weighted by atomic mass is 10.1. The van der Waals surface area contributed by atoms with E-state index in [1.54, 1.807) is 6.92 Å². The van der Waals surface area contributed by atoms with Crippen LogP contribution in [0.5, 0.6) is 0 Å². The first kappa shape index (κ1) is 10.4. The third-order valence-corrected chi connectivity index (χ3v) is 2.87. The summed E-state index contributed by atoms with van der Waals surface area (Å²) in [6.07, 6.45) is 2.45. The predicted octanol–water partition coefficient (Wildman–Crippen LogP) is 0.823. The van der Waals surface area contributed by atoms with Crippen LogP contribution in [0.4, 0.5) is 0 Å². The second-order valence-corrected chi connectivity index (χ2v) is 4.23. The Morgan fingerprint density at radius 1 is 1.54 bits per heavy atom. The molecule has 1 rings (SSSR count). The molecule has 0 aliphatic heterocycles. The van der Waals surface area contributed by atoms with Crippen LogP contribution in [0.1, 0.15) is 26.7 Å². The molecule has 1 fully saturated rings. The smallest absolute Gasteiger partial charge is 0.229 e. The SMILES string of the molecule is CC(C(=O)NC(C)C1CC1)C(N)=S. The zero-order valence-electron chi connectivity index (χ0n) is 8.04. The first-order valence-electron chi connectivity index (χ1n) is 4.62. The molecule has 0 aromatic carbocycles. The highest BCUT2D eigenvalue weighted by Gasteiger charge is 2.30. The van der Waals surface area contributed by atoms with Gasteiger partial charge in [0.15, 0.2) is 0 Å². The highest BCUT2D eigenvalue weighted by Crippen LogP contribution is 2.32. The minimum Gasteiger partial charge on any atom is -0.393 e. The van der Waals surface area contributed by atoms with Gasteiger partial charge in [-0.25, -0.2) is 0 Å². The number of hydrogen-bond acceptors (Lipinski definition) is 2. The second kappa shape index (κ2) is 4.05. The Morgan fingerprint density at radius 2 is 2.08 bits per heavy atom. The van der Waals surface area contributed by atoms with Gasteiger partial charge in [0.05, 0.1) is 10.9 Å². The molecule has 0 radical (unpaired) electrons. The van der Waals surface area contributed by atoms with E-state index in [1.807, 2.05) is 6.92 Å². The van der Waals surface area contributed by atoms with E-state index in [-0.39, 0.29) is 22.9 Å². The van der Waals surface area contributed by atoms with Crippen LogP contribution in [0, 0.1) is 11.8 Å². The van der Waals surface area contributed by atoms with E-state index in [1.165, 1.54) is 12.8 Å². The molecule has 1 aliphatic carbocycles. The Morgan fingerprint density at radius 3 is 2.46 bits per heavy atom. The average molecular weight is 200 g/mol. The van der Waals surface area contributed by atoms with E-state index in [9.17, 15) is 4.79 Å². The third kappa shape index (κ3) is 2.95. The maximum Gasteiger partial charge on any atom is 0.229 e. The molecule has 0 heterocycles. The molecule has 0 aromatic heterocycles. The van der Waals surface area contributed by atoms with Crippen molar-refractivity contribution < 1.29 is 4.79 Å². The summed E-state index contributed by atoms with van der Waals surface area (Å²) >= 11 is 4.75. The highest BCUT2D eigenvalue weighted by molar-refractivity contribution is 7.80. The highest BCUT2D eigenvalue weighted by atomic mass is 32.1. The average Bonchev–Trinajstić information content (AvgIpc) is 2.84. The van der Waals surface area contributed by atoms with Gasteiger partial charge in [0.25, 0.3) is 0 Å². The number of hydrogen-bond donors (Lipinski definition) is 2. The Balaban J connectivity index is 2.34. The Labute approximate surface area is 84.1 Å². The van der Waals surface area contributed by atoms with Crippen molar-refractivity contribution in [2.45, 2.75) is 32.7 Å². The lowest BCUT2D eigenvalue weighted by Crippen LogP contribution is -2.41. The molecule has 1 amide bonds. The van der Waals surface area contributed by atoms with Crippen LogP contribution in [0.15, 0.2) is 0 Å². The minimum absolute atomic E-state index is 0.0492. The Bertz CT molecular complexity index is 226. The van der Waals surface area contributed by atoms with Crippen molar-refractivity contribution in [2.75, 3.05) is 0 Å². The van der Waals surface area contributed by atoms with Gasteiger partial charge >= 0.3 is 0 Å². The van der Waals surface area contributed by atoms with Crippen molar-refractivity contribution in [3.8, 4) is 0 Å². The number of carbonyl (C=O) groups is 1. The van der Waals surface area contributed by atoms with E-state index in [0.29, 0.717) is 5.92 Å². The summed E-state index contributed by atoms with van der Waals surface area (Å²) in [4.78, 5) is 11.7. The molecule has 0 saturated heterocycles. The molecule has 3 nitrogen and oxygen atoms in total. The fourth-order valence-corrected chi connectivity index (χ4v) is 1.30. The molecule has 0 aromatic rings.